The molecule has 1 heterocycles. The van der Waals surface area contributed by atoms with Gasteiger partial charge in [0.2, 0.25) is 5.13 Å². The van der Waals surface area contributed by atoms with Crippen LogP contribution in [0.2, 0.25) is 0 Å². The first-order valence-electron chi connectivity index (χ1n) is 9.24. The number of anilines is 1. The minimum atomic E-state index is -0.635. The second-order valence-corrected chi connectivity index (χ2v) is 8.69. The summed E-state index contributed by atoms with van der Waals surface area (Å²) in [5.41, 5.74) is 3.32. The third-order valence-corrected chi connectivity index (χ3v) is 6.20. The highest BCUT2D eigenvalue weighted by Crippen LogP contribution is 2.26. The zero-order valence-corrected chi connectivity index (χ0v) is 18.2. The van der Waals surface area contributed by atoms with Crippen molar-refractivity contribution < 1.29 is 9.53 Å². The number of nitrogens with zero attached hydrogens (tertiary/aromatic N) is 2. The second-order valence-electron chi connectivity index (χ2n) is 6.44. The normalized spacial score (nSPS) is 12.1. The van der Waals surface area contributed by atoms with E-state index in [2.05, 4.69) is 39.8 Å². The van der Waals surface area contributed by atoms with Crippen molar-refractivity contribution in [3.8, 4) is 5.75 Å². The fraction of sp³-hybridized carbons (Fsp3) is 0.227. The summed E-state index contributed by atoms with van der Waals surface area (Å²) < 4.78 is 6.62. The van der Waals surface area contributed by atoms with Crippen molar-refractivity contribution >= 4 is 40.2 Å². The van der Waals surface area contributed by atoms with Crippen molar-refractivity contribution in [1.29, 1.82) is 0 Å². The summed E-state index contributed by atoms with van der Waals surface area (Å²) in [6.07, 6.45) is 3.52. The average Bonchev–Trinajstić information content (AvgIpc) is 3.16. The van der Waals surface area contributed by atoms with Crippen LogP contribution in [0.5, 0.6) is 5.75 Å². The van der Waals surface area contributed by atoms with Crippen LogP contribution in [0, 0.1) is 13.8 Å². The number of carbonyl (C=O) groups is 1. The number of amides is 1. The number of aryl methyl sites for hydroxylation is 1. The lowest BCUT2D eigenvalue weighted by atomic mass is 10.1. The van der Waals surface area contributed by atoms with Crippen LogP contribution in [-0.2, 0) is 4.79 Å². The molecule has 1 N–H and O–H groups in total. The van der Waals surface area contributed by atoms with Gasteiger partial charge in [-0.3, -0.25) is 10.1 Å². The van der Waals surface area contributed by atoms with Gasteiger partial charge < -0.3 is 4.74 Å². The van der Waals surface area contributed by atoms with Gasteiger partial charge in [0.25, 0.3) is 5.91 Å². The molecule has 3 aromatic rings. The molecule has 0 bridgehead atoms. The molecule has 0 aliphatic rings. The number of rotatable bonds is 8. The van der Waals surface area contributed by atoms with E-state index in [9.17, 15) is 4.79 Å². The molecule has 0 radical (unpaired) electrons. The first-order chi connectivity index (χ1) is 14.0. The first kappa shape index (κ1) is 21.1. The topological polar surface area (TPSA) is 64.1 Å². The zero-order valence-electron chi connectivity index (χ0n) is 16.6. The molecule has 1 atom stereocenters. The van der Waals surface area contributed by atoms with Crippen LogP contribution in [0.3, 0.4) is 0 Å². The van der Waals surface area contributed by atoms with Crippen LogP contribution in [-0.4, -0.2) is 28.0 Å². The Morgan fingerprint density at radius 2 is 1.97 bits per heavy atom. The van der Waals surface area contributed by atoms with E-state index in [0.717, 1.165) is 26.8 Å². The molecule has 0 aliphatic heterocycles. The maximum Gasteiger partial charge on any atom is 0.266 e. The molecule has 5 nitrogen and oxygen atoms in total. The van der Waals surface area contributed by atoms with Crippen LogP contribution in [0.15, 0.2) is 58.9 Å². The van der Waals surface area contributed by atoms with Gasteiger partial charge in [0.15, 0.2) is 10.4 Å². The maximum absolute atomic E-state index is 12.4. The van der Waals surface area contributed by atoms with Crippen LogP contribution >= 0.6 is 23.1 Å². The third kappa shape index (κ3) is 6.17. The Kier molecular flexibility index (Phi) is 7.43. The second kappa shape index (κ2) is 10.2. The monoisotopic (exact) mass is 425 g/mol. The highest BCUT2D eigenvalue weighted by atomic mass is 32.2. The number of hydrogen-bond acceptors (Lipinski definition) is 6. The minimum absolute atomic E-state index is 0.248. The summed E-state index contributed by atoms with van der Waals surface area (Å²) >= 11 is 2.93. The molecule has 3 rings (SSSR count). The molecule has 29 heavy (non-hydrogen) atoms. The molecular weight excluding hydrogens is 402 g/mol. The Morgan fingerprint density at radius 1 is 1.17 bits per heavy atom. The molecule has 0 fully saturated rings. The average molecular weight is 426 g/mol. The van der Waals surface area contributed by atoms with E-state index in [-0.39, 0.29) is 5.91 Å². The molecule has 0 saturated carbocycles. The molecule has 1 amide bonds. The van der Waals surface area contributed by atoms with Gasteiger partial charge >= 0.3 is 0 Å². The lowest BCUT2D eigenvalue weighted by Gasteiger charge is -2.16. The predicted octanol–water partition coefficient (Wildman–Crippen LogP) is 5.37. The van der Waals surface area contributed by atoms with Crippen molar-refractivity contribution in [2.45, 2.75) is 31.2 Å². The van der Waals surface area contributed by atoms with E-state index in [1.165, 1.54) is 11.3 Å². The van der Waals surface area contributed by atoms with Crippen LogP contribution in [0.1, 0.15) is 23.6 Å². The molecule has 7 heteroatoms. The number of aromatic nitrogens is 2. The van der Waals surface area contributed by atoms with Crippen LogP contribution < -0.4 is 10.1 Å². The van der Waals surface area contributed by atoms with Crippen molar-refractivity contribution in [1.82, 2.24) is 10.2 Å². The third-order valence-electron chi connectivity index (χ3n) is 4.28. The van der Waals surface area contributed by atoms with Gasteiger partial charge in [-0.2, -0.15) is 0 Å². The van der Waals surface area contributed by atoms with Gasteiger partial charge in [-0.15, -0.1) is 10.2 Å². The van der Waals surface area contributed by atoms with Gasteiger partial charge in [-0.05, 0) is 43.5 Å². The quantitative estimate of drug-likeness (QED) is 0.388. The van der Waals surface area contributed by atoms with E-state index in [1.54, 1.807) is 18.7 Å². The molecule has 0 spiro atoms. The predicted molar refractivity (Wildman–Crippen MR) is 121 cm³/mol. The Labute approximate surface area is 179 Å². The SMILES string of the molecule is Cc1cccc(O[C@H](C)C(=O)Nc2nnc(SC/C=C/c3ccccc3)s2)c1C. The molecular formula is C22H23N3O2S2. The van der Waals surface area contributed by atoms with Gasteiger partial charge in [0.05, 0.1) is 0 Å². The zero-order chi connectivity index (χ0) is 20.6. The molecule has 0 saturated heterocycles. The van der Waals surface area contributed by atoms with E-state index >= 15 is 0 Å². The van der Waals surface area contributed by atoms with Crippen molar-refractivity contribution in [3.63, 3.8) is 0 Å². The standard InChI is InChI=1S/C22H23N3O2S2/c1-15-9-7-13-19(16(15)2)27-17(3)20(26)23-21-24-25-22(29-21)28-14-8-12-18-10-5-4-6-11-18/h4-13,17H,14H2,1-3H3,(H,23,24,26)/b12-8+/t17-/m1/s1. The summed E-state index contributed by atoms with van der Waals surface area (Å²) in [4.78, 5) is 12.4. The number of thioether (sulfide) groups is 1. The minimum Gasteiger partial charge on any atom is -0.481 e. The summed E-state index contributed by atoms with van der Waals surface area (Å²) in [5, 5.41) is 11.4. The van der Waals surface area contributed by atoms with E-state index in [1.807, 2.05) is 50.2 Å². The van der Waals surface area contributed by atoms with E-state index < -0.39 is 6.10 Å². The Morgan fingerprint density at radius 3 is 2.76 bits per heavy atom. The summed E-state index contributed by atoms with van der Waals surface area (Å²) in [6, 6.07) is 15.9. The van der Waals surface area contributed by atoms with Gasteiger partial charge in [0.1, 0.15) is 5.75 Å². The number of benzene rings is 2. The Hall–Kier alpha value is -2.64. The Balaban J connectivity index is 1.49. The molecule has 0 aliphatic carbocycles. The van der Waals surface area contributed by atoms with Crippen molar-refractivity contribution in [2.75, 3.05) is 11.1 Å². The van der Waals surface area contributed by atoms with Crippen LogP contribution in [0.25, 0.3) is 6.08 Å². The van der Waals surface area contributed by atoms with E-state index in [4.69, 9.17) is 4.74 Å². The molecule has 1 aromatic heterocycles. The summed E-state index contributed by atoms with van der Waals surface area (Å²) in [7, 11) is 0. The number of carbonyl (C=O) groups excluding carboxylic acids is 1. The van der Waals surface area contributed by atoms with Crippen LogP contribution in [0.4, 0.5) is 5.13 Å². The molecule has 150 valence electrons. The molecule has 2 aromatic carbocycles. The fourth-order valence-electron chi connectivity index (χ4n) is 2.49. The lowest BCUT2D eigenvalue weighted by molar-refractivity contribution is -0.122. The highest BCUT2D eigenvalue weighted by molar-refractivity contribution is 8.01. The van der Waals surface area contributed by atoms with Gasteiger partial charge in [0, 0.05) is 5.75 Å². The van der Waals surface area contributed by atoms with Gasteiger partial charge in [-0.25, -0.2) is 0 Å². The largest absolute Gasteiger partial charge is 0.481 e. The van der Waals surface area contributed by atoms with E-state index in [0.29, 0.717) is 10.9 Å². The highest BCUT2D eigenvalue weighted by Gasteiger charge is 2.18. The summed E-state index contributed by atoms with van der Waals surface area (Å²) in [5.74, 6) is 1.25. The smallest absolute Gasteiger partial charge is 0.266 e. The summed E-state index contributed by atoms with van der Waals surface area (Å²) in [6.45, 7) is 5.72. The van der Waals surface area contributed by atoms with Crippen molar-refractivity contribution in [3.05, 3.63) is 71.3 Å². The maximum atomic E-state index is 12.4. The number of hydrogen-bond donors (Lipinski definition) is 1. The number of ether oxygens (including phenoxy) is 1. The lowest BCUT2D eigenvalue weighted by Crippen LogP contribution is -2.30. The first-order valence-corrected chi connectivity index (χ1v) is 11.0. The fourth-order valence-corrected chi connectivity index (χ4v) is 4.08. The molecule has 0 unspecified atom stereocenters. The van der Waals surface area contributed by atoms with Crippen molar-refractivity contribution in [2.24, 2.45) is 0 Å². The number of nitrogens with one attached hydrogen (secondary N) is 1. The Bertz CT molecular complexity index is 987. The van der Waals surface area contributed by atoms with Gasteiger partial charge in [-0.1, -0.05) is 77.7 Å².